The zero-order valence-corrected chi connectivity index (χ0v) is 15.8. The van der Waals surface area contributed by atoms with Crippen molar-refractivity contribution in [3.05, 3.63) is 30.3 Å². The summed E-state index contributed by atoms with van der Waals surface area (Å²) in [6.45, 7) is 2.29. The van der Waals surface area contributed by atoms with Gasteiger partial charge < -0.3 is 0 Å². The lowest BCUT2D eigenvalue weighted by Crippen LogP contribution is -1.89. The van der Waals surface area contributed by atoms with Crippen molar-refractivity contribution in [3.63, 3.8) is 0 Å². The maximum absolute atomic E-state index is 4.26. The summed E-state index contributed by atoms with van der Waals surface area (Å²) in [5.41, 5.74) is 4.12. The maximum atomic E-state index is 4.26. The molecule has 0 aliphatic heterocycles. The first-order chi connectivity index (χ1) is 11.9. The lowest BCUT2D eigenvalue weighted by atomic mass is 10.0. The Morgan fingerprint density at radius 1 is 0.708 bits per heavy atom. The minimum absolute atomic E-state index is 1.05. The average Bonchev–Trinajstić information content (AvgIpc) is 2.62. The van der Waals surface area contributed by atoms with Gasteiger partial charge in [-0.1, -0.05) is 102 Å². The third-order valence-corrected chi connectivity index (χ3v) is 4.50. The molecule has 2 nitrogen and oxygen atoms in total. The van der Waals surface area contributed by atoms with E-state index >= 15 is 0 Å². The number of benzene rings is 1. The molecule has 0 atom stereocenters. The Morgan fingerprint density at radius 3 is 1.75 bits per heavy atom. The highest BCUT2D eigenvalue weighted by atomic mass is 15.3. The third-order valence-electron chi connectivity index (χ3n) is 4.50. The Bertz CT molecular complexity index is 386. The molecular weight excluding hydrogens is 292 g/mol. The van der Waals surface area contributed by atoms with Crippen LogP contribution in [0.5, 0.6) is 0 Å². The zero-order chi connectivity index (χ0) is 17.1. The SMILES string of the molecule is CCCCCCCCCCCCCCC/C=N/Nc1ccccc1. The van der Waals surface area contributed by atoms with Crippen LogP contribution in [-0.4, -0.2) is 6.21 Å². The van der Waals surface area contributed by atoms with Crippen molar-refractivity contribution in [1.82, 2.24) is 0 Å². The Labute approximate surface area is 150 Å². The Kier molecular flexibility index (Phi) is 14.3. The number of rotatable bonds is 16. The molecule has 0 aromatic heterocycles. The fraction of sp³-hybridized carbons (Fsp3) is 0.682. The van der Waals surface area contributed by atoms with E-state index in [0.29, 0.717) is 0 Å². The molecule has 1 N–H and O–H groups in total. The summed E-state index contributed by atoms with van der Waals surface area (Å²) in [7, 11) is 0. The van der Waals surface area contributed by atoms with Crippen molar-refractivity contribution in [3.8, 4) is 0 Å². The van der Waals surface area contributed by atoms with Gasteiger partial charge in [0.2, 0.25) is 0 Å². The van der Waals surface area contributed by atoms with Gasteiger partial charge in [-0.15, -0.1) is 0 Å². The standard InChI is InChI=1S/C22H38N2/c1-2-3-4-5-6-7-8-9-10-11-12-13-14-18-21-23-24-22-19-16-15-17-20-22/h15-17,19-21,24H,2-14,18H2,1H3/b23-21+. The largest absolute Gasteiger partial charge is 0.279 e. The van der Waals surface area contributed by atoms with Gasteiger partial charge in [-0.2, -0.15) is 5.10 Å². The summed E-state index contributed by atoms with van der Waals surface area (Å²) in [4.78, 5) is 0. The van der Waals surface area contributed by atoms with Crippen LogP contribution in [0.4, 0.5) is 5.69 Å². The van der Waals surface area contributed by atoms with Crippen LogP contribution in [0, 0.1) is 0 Å². The number of hydrazone groups is 1. The minimum atomic E-state index is 1.05. The van der Waals surface area contributed by atoms with E-state index in [1.54, 1.807) is 0 Å². The highest BCUT2D eigenvalue weighted by molar-refractivity contribution is 5.59. The molecule has 0 fully saturated rings. The predicted octanol–water partition coefficient (Wildman–Crippen LogP) is 7.57. The van der Waals surface area contributed by atoms with Gasteiger partial charge in [0.1, 0.15) is 0 Å². The van der Waals surface area contributed by atoms with E-state index in [1.165, 1.54) is 83.5 Å². The van der Waals surface area contributed by atoms with E-state index < -0.39 is 0 Å². The van der Waals surface area contributed by atoms with Crippen LogP contribution in [0.1, 0.15) is 96.8 Å². The van der Waals surface area contributed by atoms with Crippen LogP contribution in [0.25, 0.3) is 0 Å². The van der Waals surface area contributed by atoms with E-state index in [0.717, 1.165) is 12.1 Å². The van der Waals surface area contributed by atoms with Gasteiger partial charge in [0.25, 0.3) is 0 Å². The molecule has 24 heavy (non-hydrogen) atoms. The monoisotopic (exact) mass is 330 g/mol. The van der Waals surface area contributed by atoms with E-state index in [4.69, 9.17) is 0 Å². The summed E-state index contributed by atoms with van der Waals surface area (Å²) >= 11 is 0. The molecule has 0 bridgehead atoms. The van der Waals surface area contributed by atoms with Crippen molar-refractivity contribution in [2.24, 2.45) is 5.10 Å². The van der Waals surface area contributed by atoms with Gasteiger partial charge in [-0.25, -0.2) is 0 Å². The maximum Gasteiger partial charge on any atom is 0.0561 e. The molecule has 0 amide bonds. The normalized spacial score (nSPS) is 11.2. The van der Waals surface area contributed by atoms with Gasteiger partial charge in [-0.05, 0) is 25.0 Å². The first kappa shape index (κ1) is 20.7. The van der Waals surface area contributed by atoms with Crippen molar-refractivity contribution >= 4 is 11.9 Å². The molecule has 1 rings (SSSR count). The quantitative estimate of drug-likeness (QED) is 0.189. The fourth-order valence-corrected chi connectivity index (χ4v) is 2.95. The molecule has 0 aliphatic rings. The third kappa shape index (κ3) is 13.2. The first-order valence-corrected chi connectivity index (χ1v) is 10.3. The zero-order valence-electron chi connectivity index (χ0n) is 15.8. The van der Waals surface area contributed by atoms with Crippen LogP contribution >= 0.6 is 0 Å². The second-order valence-electron chi connectivity index (χ2n) is 6.82. The lowest BCUT2D eigenvalue weighted by molar-refractivity contribution is 0.541. The number of hydrogen-bond donors (Lipinski definition) is 1. The highest BCUT2D eigenvalue weighted by Gasteiger charge is 1.93. The molecule has 2 heteroatoms. The van der Waals surface area contributed by atoms with Crippen LogP contribution in [0.2, 0.25) is 0 Å². The molecule has 0 spiro atoms. The summed E-state index contributed by atoms with van der Waals surface area (Å²) in [6, 6.07) is 10.1. The molecular formula is C22H38N2. The summed E-state index contributed by atoms with van der Waals surface area (Å²) in [6.07, 6.45) is 21.4. The Morgan fingerprint density at radius 2 is 1.21 bits per heavy atom. The molecule has 0 aliphatic carbocycles. The molecule has 0 saturated heterocycles. The minimum Gasteiger partial charge on any atom is -0.279 e. The average molecular weight is 331 g/mol. The predicted molar refractivity (Wildman–Crippen MR) is 109 cm³/mol. The molecule has 1 aromatic rings. The van der Waals surface area contributed by atoms with Crippen molar-refractivity contribution in [2.45, 2.75) is 96.8 Å². The van der Waals surface area contributed by atoms with E-state index in [1.807, 2.05) is 36.5 Å². The second kappa shape index (κ2) is 16.5. The van der Waals surface area contributed by atoms with Crippen LogP contribution in [0.15, 0.2) is 35.4 Å². The molecule has 0 saturated carbocycles. The van der Waals surface area contributed by atoms with Gasteiger partial charge in [0.15, 0.2) is 0 Å². The molecule has 136 valence electrons. The number of para-hydroxylation sites is 1. The number of nitrogens with zero attached hydrogens (tertiary/aromatic N) is 1. The topological polar surface area (TPSA) is 24.4 Å². The number of nitrogens with one attached hydrogen (secondary N) is 1. The summed E-state index contributed by atoms with van der Waals surface area (Å²) in [5.74, 6) is 0. The van der Waals surface area contributed by atoms with Crippen LogP contribution in [0.3, 0.4) is 0 Å². The van der Waals surface area contributed by atoms with Gasteiger partial charge in [0, 0.05) is 6.21 Å². The lowest BCUT2D eigenvalue weighted by Gasteiger charge is -2.02. The first-order valence-electron chi connectivity index (χ1n) is 10.3. The smallest absolute Gasteiger partial charge is 0.0561 e. The highest BCUT2D eigenvalue weighted by Crippen LogP contribution is 2.12. The second-order valence-corrected chi connectivity index (χ2v) is 6.82. The van der Waals surface area contributed by atoms with Gasteiger partial charge in [0.05, 0.1) is 5.69 Å². The van der Waals surface area contributed by atoms with Crippen LogP contribution in [-0.2, 0) is 0 Å². The van der Waals surface area contributed by atoms with Gasteiger partial charge >= 0.3 is 0 Å². The molecule has 0 unspecified atom stereocenters. The molecule has 1 aromatic carbocycles. The van der Waals surface area contributed by atoms with E-state index in [2.05, 4.69) is 17.5 Å². The van der Waals surface area contributed by atoms with Crippen molar-refractivity contribution in [1.29, 1.82) is 0 Å². The molecule has 0 radical (unpaired) electrons. The van der Waals surface area contributed by atoms with E-state index in [-0.39, 0.29) is 0 Å². The Hall–Kier alpha value is -1.31. The number of anilines is 1. The van der Waals surface area contributed by atoms with Crippen molar-refractivity contribution < 1.29 is 0 Å². The summed E-state index contributed by atoms with van der Waals surface area (Å²) in [5, 5.41) is 4.26. The number of unbranched alkanes of at least 4 members (excludes halogenated alkanes) is 13. The summed E-state index contributed by atoms with van der Waals surface area (Å²) < 4.78 is 0. The van der Waals surface area contributed by atoms with Crippen molar-refractivity contribution in [2.75, 3.05) is 5.43 Å². The van der Waals surface area contributed by atoms with Crippen LogP contribution < -0.4 is 5.43 Å². The Balaban J connectivity index is 1.76. The fourth-order valence-electron chi connectivity index (χ4n) is 2.95. The molecule has 0 heterocycles. The van der Waals surface area contributed by atoms with E-state index in [9.17, 15) is 0 Å². The number of hydrogen-bond acceptors (Lipinski definition) is 2. The van der Waals surface area contributed by atoms with Gasteiger partial charge in [-0.3, -0.25) is 5.43 Å².